The molecule has 0 aromatic carbocycles. The van der Waals surface area contributed by atoms with Crippen LogP contribution in [0.4, 0.5) is 0 Å². The molecule has 0 saturated carbocycles. The molecule has 0 aliphatic carbocycles. The van der Waals surface area contributed by atoms with Crippen LogP contribution < -0.4 is 5.73 Å². The van der Waals surface area contributed by atoms with Gasteiger partial charge in [-0.05, 0) is 12.8 Å². The predicted molar refractivity (Wildman–Crippen MR) is 59.3 cm³/mol. The molecule has 1 heterocycles. The van der Waals surface area contributed by atoms with E-state index in [0.29, 0.717) is 18.5 Å². The van der Waals surface area contributed by atoms with Crippen molar-refractivity contribution >= 4 is 11.9 Å². The number of primary amides is 1. The van der Waals surface area contributed by atoms with Crippen LogP contribution in [-0.2, 0) is 14.3 Å². The molecule has 1 aliphatic rings. The molecule has 0 aromatic rings. The van der Waals surface area contributed by atoms with Gasteiger partial charge >= 0.3 is 5.97 Å². The van der Waals surface area contributed by atoms with E-state index in [0.717, 1.165) is 12.1 Å². The number of carbonyl (C=O) groups excluding carboxylic acids is 2. The van der Waals surface area contributed by atoms with Crippen molar-refractivity contribution in [2.24, 2.45) is 5.73 Å². The van der Waals surface area contributed by atoms with Crippen molar-refractivity contribution in [3.05, 3.63) is 11.3 Å². The largest absolute Gasteiger partial charge is 0.460 e. The number of nitrogens with two attached hydrogens (primary N) is 1. The first-order valence-corrected chi connectivity index (χ1v) is 5.33. The lowest BCUT2D eigenvalue weighted by Gasteiger charge is -2.19. The first-order chi connectivity index (χ1) is 8.04. The highest BCUT2D eigenvalue weighted by molar-refractivity contribution is 5.76. The summed E-state index contributed by atoms with van der Waals surface area (Å²) in [6, 6.07) is 2.01. The van der Waals surface area contributed by atoms with Crippen molar-refractivity contribution < 1.29 is 14.3 Å². The van der Waals surface area contributed by atoms with Crippen molar-refractivity contribution in [3.8, 4) is 6.07 Å². The van der Waals surface area contributed by atoms with Crippen LogP contribution in [-0.4, -0.2) is 36.5 Å². The van der Waals surface area contributed by atoms with Crippen molar-refractivity contribution in [2.75, 3.05) is 19.7 Å². The van der Waals surface area contributed by atoms with Crippen molar-refractivity contribution in [1.82, 2.24) is 4.90 Å². The molecular formula is C11H15N3O3. The Morgan fingerprint density at radius 1 is 1.59 bits per heavy atom. The number of nitriles is 1. The number of hydrogen-bond donors (Lipinski definition) is 1. The zero-order valence-electron chi connectivity index (χ0n) is 9.73. The van der Waals surface area contributed by atoms with Gasteiger partial charge in [0.05, 0.1) is 12.1 Å². The molecule has 0 bridgehead atoms. The summed E-state index contributed by atoms with van der Waals surface area (Å²) in [6.07, 6.45) is 1.57. The molecule has 1 saturated heterocycles. The number of allylic oxidation sites excluding steroid dienone is 1. The second kappa shape index (κ2) is 5.89. The third-order valence-corrected chi connectivity index (χ3v) is 2.47. The van der Waals surface area contributed by atoms with Gasteiger partial charge in [-0.1, -0.05) is 0 Å². The van der Waals surface area contributed by atoms with Crippen LogP contribution in [0.5, 0.6) is 0 Å². The molecule has 0 unspecified atom stereocenters. The molecule has 17 heavy (non-hydrogen) atoms. The molecule has 2 N–H and O–H groups in total. The van der Waals surface area contributed by atoms with E-state index in [1.165, 1.54) is 6.92 Å². The second-order valence-corrected chi connectivity index (χ2v) is 3.81. The summed E-state index contributed by atoms with van der Waals surface area (Å²) >= 11 is 0. The highest BCUT2D eigenvalue weighted by Gasteiger charge is 2.22. The van der Waals surface area contributed by atoms with E-state index in [1.54, 1.807) is 4.90 Å². The average Bonchev–Trinajstić information content (AvgIpc) is 2.66. The van der Waals surface area contributed by atoms with Crippen LogP contribution in [0.1, 0.15) is 19.8 Å². The third-order valence-electron chi connectivity index (χ3n) is 2.47. The fourth-order valence-electron chi connectivity index (χ4n) is 1.79. The molecule has 0 aromatic heterocycles. The number of hydrogen-bond acceptors (Lipinski definition) is 5. The van der Waals surface area contributed by atoms with Crippen LogP contribution in [0.15, 0.2) is 11.3 Å². The highest BCUT2D eigenvalue weighted by atomic mass is 16.5. The number of ether oxygens (including phenoxy) is 1. The molecule has 0 spiro atoms. The smallest absolute Gasteiger partial charge is 0.302 e. The lowest BCUT2D eigenvalue weighted by Crippen LogP contribution is -2.31. The minimum atomic E-state index is -0.436. The third kappa shape index (κ3) is 3.79. The Kier molecular flexibility index (Phi) is 4.52. The molecule has 92 valence electrons. The van der Waals surface area contributed by atoms with Gasteiger partial charge in [0.2, 0.25) is 5.91 Å². The zero-order chi connectivity index (χ0) is 12.8. The van der Waals surface area contributed by atoms with Gasteiger partial charge in [-0.3, -0.25) is 9.59 Å². The van der Waals surface area contributed by atoms with Crippen LogP contribution in [0.2, 0.25) is 0 Å². The SMILES string of the molecule is CC(=O)OC/C(C#N)=C1/CCCN1CC(N)=O. The quantitative estimate of drug-likeness (QED) is 0.544. The van der Waals surface area contributed by atoms with Gasteiger partial charge < -0.3 is 15.4 Å². The minimum absolute atomic E-state index is 0.0452. The van der Waals surface area contributed by atoms with Crippen LogP contribution in [0.3, 0.4) is 0 Å². The van der Waals surface area contributed by atoms with Gasteiger partial charge in [-0.15, -0.1) is 0 Å². The summed E-state index contributed by atoms with van der Waals surface area (Å²) in [5.74, 6) is -0.869. The maximum absolute atomic E-state index is 10.9. The summed E-state index contributed by atoms with van der Waals surface area (Å²) in [7, 11) is 0. The summed E-state index contributed by atoms with van der Waals surface area (Å²) in [5.41, 5.74) is 6.27. The minimum Gasteiger partial charge on any atom is -0.460 e. The number of carbonyl (C=O) groups is 2. The van der Waals surface area contributed by atoms with E-state index in [1.807, 2.05) is 6.07 Å². The fraction of sp³-hybridized carbons (Fsp3) is 0.545. The number of rotatable bonds is 4. The molecular weight excluding hydrogens is 222 g/mol. The van der Waals surface area contributed by atoms with Gasteiger partial charge in [0.15, 0.2) is 0 Å². The van der Waals surface area contributed by atoms with Gasteiger partial charge in [-0.25, -0.2) is 0 Å². The molecule has 1 rings (SSSR count). The van der Waals surface area contributed by atoms with E-state index >= 15 is 0 Å². The number of nitrogens with zero attached hydrogens (tertiary/aromatic N) is 2. The molecule has 6 heteroatoms. The molecule has 0 atom stereocenters. The van der Waals surface area contributed by atoms with E-state index in [4.69, 9.17) is 15.7 Å². The van der Waals surface area contributed by atoms with Crippen molar-refractivity contribution in [2.45, 2.75) is 19.8 Å². The molecule has 1 aliphatic heterocycles. The van der Waals surface area contributed by atoms with Gasteiger partial charge in [-0.2, -0.15) is 5.26 Å². The molecule has 1 amide bonds. The Bertz CT molecular complexity index is 395. The summed E-state index contributed by atoms with van der Waals surface area (Å²) in [4.78, 5) is 23.3. The molecule has 0 radical (unpaired) electrons. The van der Waals surface area contributed by atoms with E-state index < -0.39 is 11.9 Å². The predicted octanol–water partition coefficient (Wildman–Crippen LogP) is -0.0917. The van der Waals surface area contributed by atoms with Crippen molar-refractivity contribution in [1.29, 1.82) is 5.26 Å². The van der Waals surface area contributed by atoms with E-state index in [2.05, 4.69) is 0 Å². The van der Waals surface area contributed by atoms with Gasteiger partial charge in [0.1, 0.15) is 12.7 Å². The number of esters is 1. The topological polar surface area (TPSA) is 96.4 Å². The standard InChI is InChI=1S/C11H15N3O3/c1-8(15)17-7-9(5-12)10-3-2-4-14(10)6-11(13)16/h2-4,6-7H2,1H3,(H2,13,16)/b10-9-. The number of amides is 1. The normalized spacial score (nSPS) is 17.5. The first-order valence-electron chi connectivity index (χ1n) is 5.33. The Labute approximate surface area is 99.6 Å². The maximum Gasteiger partial charge on any atom is 0.302 e. The Morgan fingerprint density at radius 2 is 2.29 bits per heavy atom. The van der Waals surface area contributed by atoms with Gasteiger partial charge in [0.25, 0.3) is 0 Å². The highest BCUT2D eigenvalue weighted by Crippen LogP contribution is 2.23. The van der Waals surface area contributed by atoms with Crippen LogP contribution >= 0.6 is 0 Å². The first kappa shape index (κ1) is 13.0. The summed E-state index contributed by atoms with van der Waals surface area (Å²) < 4.78 is 4.80. The Hall–Kier alpha value is -2.03. The van der Waals surface area contributed by atoms with Crippen LogP contribution in [0, 0.1) is 11.3 Å². The Morgan fingerprint density at radius 3 is 2.82 bits per heavy atom. The Balaban J connectivity index is 2.79. The van der Waals surface area contributed by atoms with Gasteiger partial charge in [0, 0.05) is 19.2 Å². The lowest BCUT2D eigenvalue weighted by molar-refractivity contribution is -0.139. The monoisotopic (exact) mass is 237 g/mol. The average molecular weight is 237 g/mol. The van der Waals surface area contributed by atoms with Crippen LogP contribution in [0.25, 0.3) is 0 Å². The molecule has 6 nitrogen and oxygen atoms in total. The lowest BCUT2D eigenvalue weighted by atomic mass is 10.2. The van der Waals surface area contributed by atoms with Crippen molar-refractivity contribution in [3.63, 3.8) is 0 Å². The number of likely N-dealkylation sites (tertiary alicyclic amines) is 1. The summed E-state index contributed by atoms with van der Waals surface area (Å²) in [5, 5.41) is 9.01. The zero-order valence-corrected chi connectivity index (χ0v) is 9.73. The second-order valence-electron chi connectivity index (χ2n) is 3.81. The fourth-order valence-corrected chi connectivity index (χ4v) is 1.79. The summed E-state index contributed by atoms with van der Waals surface area (Å²) in [6.45, 7) is 2.04. The molecule has 1 fully saturated rings. The van der Waals surface area contributed by atoms with E-state index in [9.17, 15) is 9.59 Å². The maximum atomic E-state index is 10.9. The van der Waals surface area contributed by atoms with E-state index in [-0.39, 0.29) is 13.2 Å².